The summed E-state index contributed by atoms with van der Waals surface area (Å²) in [5.74, 6) is 0.197. The molecule has 0 fully saturated rings. The second-order valence-corrected chi connectivity index (χ2v) is 4.56. The van der Waals surface area contributed by atoms with Crippen molar-refractivity contribution in [3.8, 4) is 0 Å². The van der Waals surface area contributed by atoms with Crippen LogP contribution in [0.3, 0.4) is 0 Å². The summed E-state index contributed by atoms with van der Waals surface area (Å²) in [6, 6.07) is 4.78. The lowest BCUT2D eigenvalue weighted by atomic mass is 9.97. The number of hydrogen-bond acceptors (Lipinski definition) is 1. The van der Waals surface area contributed by atoms with E-state index in [2.05, 4.69) is 25.8 Å². The molecule has 0 atom stereocenters. The zero-order valence-corrected chi connectivity index (χ0v) is 10.1. The molecule has 2 rings (SSSR count). The summed E-state index contributed by atoms with van der Waals surface area (Å²) in [5, 5.41) is 0.918. The molecule has 1 nitrogen and oxygen atoms in total. The first-order chi connectivity index (χ1) is 7.50. The third kappa shape index (κ3) is 1.69. The second kappa shape index (κ2) is 3.85. The van der Waals surface area contributed by atoms with Crippen molar-refractivity contribution in [2.45, 2.75) is 33.6 Å². The number of pyridine rings is 1. The molecule has 0 spiro atoms. The van der Waals surface area contributed by atoms with Crippen molar-refractivity contribution >= 4 is 10.9 Å². The standard InChI is InChI=1S/C14H16FN/c1-8(2)14-10(4)9(3)12-7-11(15)5-6-13(12)16-14/h5-8H,1-4H3. The van der Waals surface area contributed by atoms with Crippen molar-refractivity contribution in [1.82, 2.24) is 4.98 Å². The van der Waals surface area contributed by atoms with Gasteiger partial charge in [-0.3, -0.25) is 4.98 Å². The van der Waals surface area contributed by atoms with E-state index in [-0.39, 0.29) is 5.82 Å². The molecule has 1 aromatic carbocycles. The van der Waals surface area contributed by atoms with Crippen LogP contribution in [0.1, 0.15) is 36.6 Å². The fraction of sp³-hybridized carbons (Fsp3) is 0.357. The molecule has 0 radical (unpaired) electrons. The van der Waals surface area contributed by atoms with Crippen molar-refractivity contribution in [1.29, 1.82) is 0 Å². The van der Waals surface area contributed by atoms with E-state index in [0.29, 0.717) is 5.92 Å². The van der Waals surface area contributed by atoms with Gasteiger partial charge in [0.2, 0.25) is 0 Å². The van der Waals surface area contributed by atoms with Crippen molar-refractivity contribution in [3.63, 3.8) is 0 Å². The van der Waals surface area contributed by atoms with Crippen LogP contribution in [0.2, 0.25) is 0 Å². The van der Waals surface area contributed by atoms with Crippen molar-refractivity contribution in [2.75, 3.05) is 0 Å². The highest BCUT2D eigenvalue weighted by Crippen LogP contribution is 2.26. The van der Waals surface area contributed by atoms with Gasteiger partial charge in [-0.25, -0.2) is 4.39 Å². The SMILES string of the molecule is Cc1c(C(C)C)nc2ccc(F)cc2c1C. The van der Waals surface area contributed by atoms with E-state index in [1.807, 2.05) is 6.92 Å². The number of benzene rings is 1. The lowest BCUT2D eigenvalue weighted by molar-refractivity contribution is 0.629. The van der Waals surface area contributed by atoms with Crippen LogP contribution in [-0.2, 0) is 0 Å². The zero-order valence-electron chi connectivity index (χ0n) is 10.1. The summed E-state index contributed by atoms with van der Waals surface area (Å²) in [4.78, 5) is 4.61. The number of hydrogen-bond donors (Lipinski definition) is 0. The van der Waals surface area contributed by atoms with E-state index in [4.69, 9.17) is 0 Å². The maximum absolute atomic E-state index is 13.2. The minimum atomic E-state index is -0.200. The van der Waals surface area contributed by atoms with Gasteiger partial charge in [-0.05, 0) is 49.1 Å². The molecule has 0 N–H and O–H groups in total. The van der Waals surface area contributed by atoms with Crippen LogP contribution in [0, 0.1) is 19.7 Å². The first-order valence-corrected chi connectivity index (χ1v) is 5.57. The topological polar surface area (TPSA) is 12.9 Å². The van der Waals surface area contributed by atoms with Gasteiger partial charge in [0.05, 0.1) is 5.52 Å². The van der Waals surface area contributed by atoms with E-state index in [9.17, 15) is 4.39 Å². The highest BCUT2D eigenvalue weighted by molar-refractivity contribution is 5.83. The molecule has 84 valence electrons. The summed E-state index contributed by atoms with van der Waals surface area (Å²) in [6.07, 6.45) is 0. The molecule has 0 aliphatic carbocycles. The van der Waals surface area contributed by atoms with Crippen LogP contribution in [0.5, 0.6) is 0 Å². The lowest BCUT2D eigenvalue weighted by Crippen LogP contribution is -2.00. The Kier molecular flexibility index (Phi) is 2.66. The van der Waals surface area contributed by atoms with Crippen LogP contribution in [0.4, 0.5) is 4.39 Å². The number of fused-ring (bicyclic) bond motifs is 1. The van der Waals surface area contributed by atoms with Crippen LogP contribution in [0.25, 0.3) is 10.9 Å². The molecule has 1 heterocycles. The van der Waals surface area contributed by atoms with Crippen LogP contribution >= 0.6 is 0 Å². The van der Waals surface area contributed by atoms with Crippen LogP contribution in [0.15, 0.2) is 18.2 Å². The molecule has 0 aliphatic heterocycles. The third-order valence-corrected chi connectivity index (χ3v) is 3.10. The fourth-order valence-corrected chi connectivity index (χ4v) is 2.08. The Morgan fingerprint density at radius 3 is 2.44 bits per heavy atom. The van der Waals surface area contributed by atoms with Gasteiger partial charge in [-0.2, -0.15) is 0 Å². The van der Waals surface area contributed by atoms with Crippen molar-refractivity contribution in [2.24, 2.45) is 0 Å². The average molecular weight is 217 g/mol. The highest BCUT2D eigenvalue weighted by atomic mass is 19.1. The van der Waals surface area contributed by atoms with E-state index < -0.39 is 0 Å². The molecule has 2 heteroatoms. The predicted octanol–water partition coefficient (Wildman–Crippen LogP) is 4.11. The Bertz CT molecular complexity index is 544. The summed E-state index contributed by atoms with van der Waals surface area (Å²) < 4.78 is 13.2. The normalized spacial score (nSPS) is 11.4. The maximum atomic E-state index is 13.2. The highest BCUT2D eigenvalue weighted by Gasteiger charge is 2.11. The number of aryl methyl sites for hydroxylation is 1. The smallest absolute Gasteiger partial charge is 0.123 e. The van der Waals surface area contributed by atoms with E-state index >= 15 is 0 Å². The maximum Gasteiger partial charge on any atom is 0.123 e. The van der Waals surface area contributed by atoms with Gasteiger partial charge < -0.3 is 0 Å². The summed E-state index contributed by atoms with van der Waals surface area (Å²) in [5.41, 5.74) is 4.30. The van der Waals surface area contributed by atoms with Gasteiger partial charge in [-0.1, -0.05) is 13.8 Å². The van der Waals surface area contributed by atoms with Gasteiger partial charge >= 0.3 is 0 Å². The fourth-order valence-electron chi connectivity index (χ4n) is 2.08. The monoisotopic (exact) mass is 217 g/mol. The summed E-state index contributed by atoms with van der Waals surface area (Å²) >= 11 is 0. The zero-order chi connectivity index (χ0) is 11.9. The molecule has 2 aromatic rings. The molecule has 1 aromatic heterocycles. The van der Waals surface area contributed by atoms with Crippen molar-refractivity contribution < 1.29 is 4.39 Å². The second-order valence-electron chi connectivity index (χ2n) is 4.56. The summed E-state index contributed by atoms with van der Waals surface area (Å²) in [6.45, 7) is 8.35. The Morgan fingerprint density at radius 2 is 1.81 bits per heavy atom. The predicted molar refractivity (Wildman–Crippen MR) is 65.3 cm³/mol. The molecule has 0 amide bonds. The number of rotatable bonds is 1. The number of aromatic nitrogens is 1. The number of nitrogens with zero attached hydrogens (tertiary/aromatic N) is 1. The molecule has 0 bridgehead atoms. The minimum absolute atomic E-state index is 0.200. The molecule has 0 saturated carbocycles. The Hall–Kier alpha value is -1.44. The van der Waals surface area contributed by atoms with E-state index in [1.165, 1.54) is 11.6 Å². The Balaban J connectivity index is 2.83. The average Bonchev–Trinajstić information content (AvgIpc) is 2.23. The first kappa shape index (κ1) is 11.1. The van der Waals surface area contributed by atoms with Gasteiger partial charge in [0, 0.05) is 11.1 Å². The first-order valence-electron chi connectivity index (χ1n) is 5.57. The molecular weight excluding hydrogens is 201 g/mol. The van der Waals surface area contributed by atoms with E-state index in [1.54, 1.807) is 12.1 Å². The van der Waals surface area contributed by atoms with Gasteiger partial charge in [0.1, 0.15) is 5.82 Å². The largest absolute Gasteiger partial charge is 0.252 e. The van der Waals surface area contributed by atoms with Crippen molar-refractivity contribution in [3.05, 3.63) is 40.8 Å². The third-order valence-electron chi connectivity index (χ3n) is 3.10. The molecule has 0 saturated heterocycles. The van der Waals surface area contributed by atoms with Crippen LogP contribution in [-0.4, -0.2) is 4.98 Å². The quantitative estimate of drug-likeness (QED) is 0.700. The van der Waals surface area contributed by atoms with Crippen LogP contribution < -0.4 is 0 Å². The molecular formula is C14H16FN. The van der Waals surface area contributed by atoms with Gasteiger partial charge in [0.15, 0.2) is 0 Å². The Labute approximate surface area is 95.3 Å². The molecule has 0 unspecified atom stereocenters. The minimum Gasteiger partial charge on any atom is -0.252 e. The van der Waals surface area contributed by atoms with Gasteiger partial charge in [0.25, 0.3) is 0 Å². The number of halogens is 1. The summed E-state index contributed by atoms with van der Waals surface area (Å²) in [7, 11) is 0. The van der Waals surface area contributed by atoms with Gasteiger partial charge in [-0.15, -0.1) is 0 Å². The lowest BCUT2D eigenvalue weighted by Gasteiger charge is -2.13. The molecule has 16 heavy (non-hydrogen) atoms. The van der Waals surface area contributed by atoms with E-state index in [0.717, 1.165) is 22.2 Å². The molecule has 0 aliphatic rings. The Morgan fingerprint density at radius 1 is 1.12 bits per heavy atom.